The van der Waals surface area contributed by atoms with Crippen LogP contribution in [0.4, 0.5) is 0 Å². The average Bonchev–Trinajstić information content (AvgIpc) is 2.71. The first kappa shape index (κ1) is 28.1. The van der Waals surface area contributed by atoms with Crippen molar-refractivity contribution >= 4 is 10.1 Å². The van der Waals surface area contributed by atoms with E-state index in [1.54, 1.807) is 12.1 Å². The van der Waals surface area contributed by atoms with Crippen LogP contribution < -0.4 is 0 Å². The number of benzene rings is 1. The summed E-state index contributed by atoms with van der Waals surface area (Å²) in [4.78, 5) is 2.44. The van der Waals surface area contributed by atoms with Crippen molar-refractivity contribution in [2.45, 2.75) is 103 Å². The molecule has 0 spiro atoms. The molecule has 0 unspecified atom stereocenters. The predicted molar refractivity (Wildman–Crippen MR) is 125 cm³/mol. The fraction of sp³-hybridized carbons (Fsp3) is 0.750. The van der Waals surface area contributed by atoms with Crippen molar-refractivity contribution in [1.29, 1.82) is 0 Å². The van der Waals surface area contributed by atoms with Gasteiger partial charge in [0.2, 0.25) is 0 Å². The maximum atomic E-state index is 11.3. The highest BCUT2D eigenvalue weighted by atomic mass is 32.2. The number of nitrogens with zero attached hydrogens (tertiary/aromatic N) is 1. The van der Waals surface area contributed by atoms with Gasteiger partial charge in [-0.2, -0.15) is 8.42 Å². The second-order valence-corrected chi connectivity index (χ2v) is 9.02. The van der Waals surface area contributed by atoms with E-state index >= 15 is 0 Å². The molecule has 0 aliphatic carbocycles. The van der Waals surface area contributed by atoms with E-state index in [0.29, 0.717) is 6.42 Å². The van der Waals surface area contributed by atoms with E-state index in [2.05, 4.69) is 32.6 Å². The predicted octanol–water partition coefficient (Wildman–Crippen LogP) is 6.74. The SMILES string of the molecule is CCCCCCCCCCCCc1ccccc1S(=O)(=O)O.CCN(CC)CC. The second-order valence-electron chi connectivity index (χ2n) is 7.63. The Morgan fingerprint density at radius 3 is 1.59 bits per heavy atom. The summed E-state index contributed by atoms with van der Waals surface area (Å²) < 4.78 is 31.8. The Balaban J connectivity index is 0.000000956. The van der Waals surface area contributed by atoms with Crippen molar-refractivity contribution in [1.82, 2.24) is 4.90 Å². The Labute approximate surface area is 180 Å². The summed E-state index contributed by atoms with van der Waals surface area (Å²) in [5.41, 5.74) is 0.726. The zero-order chi connectivity index (χ0) is 22.0. The molecule has 170 valence electrons. The normalized spacial score (nSPS) is 11.4. The van der Waals surface area contributed by atoms with Gasteiger partial charge in [0.05, 0.1) is 4.90 Å². The van der Waals surface area contributed by atoms with Gasteiger partial charge in [-0.05, 0) is 44.1 Å². The van der Waals surface area contributed by atoms with E-state index in [-0.39, 0.29) is 4.90 Å². The first-order valence-corrected chi connectivity index (χ1v) is 13.1. The lowest BCUT2D eigenvalue weighted by Gasteiger charge is -2.13. The van der Waals surface area contributed by atoms with Crippen molar-refractivity contribution < 1.29 is 13.0 Å². The highest BCUT2D eigenvalue weighted by Crippen LogP contribution is 2.18. The molecule has 0 saturated carbocycles. The van der Waals surface area contributed by atoms with Crippen molar-refractivity contribution in [3.05, 3.63) is 29.8 Å². The van der Waals surface area contributed by atoms with Gasteiger partial charge in [-0.3, -0.25) is 4.55 Å². The molecule has 0 aliphatic rings. The third-order valence-electron chi connectivity index (χ3n) is 5.39. The van der Waals surface area contributed by atoms with E-state index in [0.717, 1.165) is 18.4 Å². The van der Waals surface area contributed by atoms with Crippen LogP contribution in [0, 0.1) is 0 Å². The highest BCUT2D eigenvalue weighted by Gasteiger charge is 2.13. The van der Waals surface area contributed by atoms with Crippen molar-refractivity contribution in [3.8, 4) is 0 Å². The summed E-state index contributed by atoms with van der Waals surface area (Å²) in [6.45, 7) is 12.4. The fourth-order valence-electron chi connectivity index (χ4n) is 3.44. The summed E-state index contributed by atoms with van der Waals surface area (Å²) in [7, 11) is -4.10. The van der Waals surface area contributed by atoms with Gasteiger partial charge in [0.25, 0.3) is 10.1 Å². The summed E-state index contributed by atoms with van der Waals surface area (Å²) in [5.74, 6) is 0. The largest absolute Gasteiger partial charge is 0.304 e. The lowest BCUT2D eigenvalue weighted by molar-refractivity contribution is 0.321. The molecule has 0 amide bonds. The zero-order valence-electron chi connectivity index (χ0n) is 19.3. The lowest BCUT2D eigenvalue weighted by Crippen LogP contribution is -2.21. The molecule has 1 N–H and O–H groups in total. The molecule has 0 aliphatic heterocycles. The maximum Gasteiger partial charge on any atom is 0.294 e. The minimum absolute atomic E-state index is 0.0610. The van der Waals surface area contributed by atoms with E-state index in [1.165, 1.54) is 77.1 Å². The minimum Gasteiger partial charge on any atom is -0.304 e. The highest BCUT2D eigenvalue weighted by molar-refractivity contribution is 7.85. The maximum absolute atomic E-state index is 11.3. The van der Waals surface area contributed by atoms with Crippen molar-refractivity contribution in [2.75, 3.05) is 19.6 Å². The van der Waals surface area contributed by atoms with Crippen LogP contribution in [0.3, 0.4) is 0 Å². The average molecular weight is 428 g/mol. The molecule has 0 atom stereocenters. The first-order chi connectivity index (χ1) is 13.9. The molecule has 1 rings (SSSR count). The number of rotatable bonds is 15. The van der Waals surface area contributed by atoms with Crippen LogP contribution >= 0.6 is 0 Å². The molecule has 29 heavy (non-hydrogen) atoms. The first-order valence-electron chi connectivity index (χ1n) is 11.7. The molecule has 5 heteroatoms. The lowest BCUT2D eigenvalue weighted by atomic mass is 10.0. The molecule has 0 heterocycles. The van der Waals surface area contributed by atoms with Crippen LogP contribution in [-0.4, -0.2) is 37.5 Å². The monoisotopic (exact) mass is 427 g/mol. The molecule has 0 bridgehead atoms. The molecule has 0 radical (unpaired) electrons. The van der Waals surface area contributed by atoms with Crippen LogP contribution in [0.2, 0.25) is 0 Å². The second kappa shape index (κ2) is 17.9. The topological polar surface area (TPSA) is 57.6 Å². The quantitative estimate of drug-likeness (QED) is 0.248. The van der Waals surface area contributed by atoms with Crippen LogP contribution in [0.15, 0.2) is 29.2 Å². The Kier molecular flexibility index (Phi) is 17.3. The number of unbranched alkanes of at least 4 members (excludes halogenated alkanes) is 9. The Hall–Kier alpha value is -0.910. The molecule has 4 nitrogen and oxygen atoms in total. The Morgan fingerprint density at radius 2 is 1.17 bits per heavy atom. The molecule has 1 aromatic rings. The summed E-state index contributed by atoms with van der Waals surface area (Å²) in [5, 5.41) is 0. The van der Waals surface area contributed by atoms with Crippen LogP contribution in [0.1, 0.15) is 97.5 Å². The van der Waals surface area contributed by atoms with E-state index < -0.39 is 10.1 Å². The molecule has 0 fully saturated rings. The standard InChI is InChI=1S/C18H30O3S.C6H15N/c1-2-3-4-5-6-7-8-9-10-11-14-17-15-12-13-16-18(17)22(19,20)21;1-4-7(5-2)6-3/h12-13,15-16H,2-11,14H2,1H3,(H,19,20,21);4-6H2,1-3H3. The van der Waals surface area contributed by atoms with E-state index in [1.807, 2.05) is 6.07 Å². The minimum atomic E-state index is -4.10. The van der Waals surface area contributed by atoms with Crippen LogP contribution in [0.5, 0.6) is 0 Å². The van der Waals surface area contributed by atoms with Gasteiger partial charge in [-0.25, -0.2) is 0 Å². The zero-order valence-corrected chi connectivity index (χ0v) is 20.1. The molecule has 0 saturated heterocycles. The van der Waals surface area contributed by atoms with Gasteiger partial charge < -0.3 is 4.90 Å². The van der Waals surface area contributed by atoms with Gasteiger partial charge in [0.1, 0.15) is 0 Å². The van der Waals surface area contributed by atoms with Crippen LogP contribution in [0.25, 0.3) is 0 Å². The van der Waals surface area contributed by atoms with Gasteiger partial charge >= 0.3 is 0 Å². The molecule has 1 aromatic carbocycles. The van der Waals surface area contributed by atoms with Gasteiger partial charge in [-0.1, -0.05) is 104 Å². The summed E-state index contributed by atoms with van der Waals surface area (Å²) >= 11 is 0. The third kappa shape index (κ3) is 14.7. The van der Waals surface area contributed by atoms with Crippen molar-refractivity contribution in [2.24, 2.45) is 0 Å². The van der Waals surface area contributed by atoms with Gasteiger partial charge in [-0.15, -0.1) is 0 Å². The third-order valence-corrected chi connectivity index (χ3v) is 6.35. The van der Waals surface area contributed by atoms with E-state index in [4.69, 9.17) is 0 Å². The number of hydrogen-bond donors (Lipinski definition) is 1. The Bertz CT molecular complexity index is 592. The van der Waals surface area contributed by atoms with Gasteiger partial charge in [0, 0.05) is 0 Å². The molecular formula is C24H45NO3S. The summed E-state index contributed by atoms with van der Waals surface area (Å²) in [6, 6.07) is 6.73. The van der Waals surface area contributed by atoms with E-state index in [9.17, 15) is 13.0 Å². The number of hydrogen-bond acceptors (Lipinski definition) is 3. The molecular weight excluding hydrogens is 382 g/mol. The fourth-order valence-corrected chi connectivity index (χ4v) is 4.19. The van der Waals surface area contributed by atoms with Crippen LogP contribution in [-0.2, 0) is 16.5 Å². The van der Waals surface area contributed by atoms with Crippen molar-refractivity contribution in [3.63, 3.8) is 0 Å². The summed E-state index contributed by atoms with van der Waals surface area (Å²) in [6.07, 6.45) is 13.3. The smallest absolute Gasteiger partial charge is 0.294 e. The Morgan fingerprint density at radius 1 is 0.724 bits per heavy atom. The number of aryl methyl sites for hydroxylation is 1. The molecule has 0 aromatic heterocycles. The van der Waals surface area contributed by atoms with Gasteiger partial charge in [0.15, 0.2) is 0 Å².